The van der Waals surface area contributed by atoms with Gasteiger partial charge in [0.05, 0.1) is 6.61 Å². The Kier molecular flexibility index (Phi) is 7.33. The van der Waals surface area contributed by atoms with Crippen molar-refractivity contribution < 1.29 is 4.84 Å². The van der Waals surface area contributed by atoms with Crippen LogP contribution in [0.15, 0.2) is 66.9 Å². The van der Waals surface area contributed by atoms with Gasteiger partial charge in [0, 0.05) is 54.4 Å². The van der Waals surface area contributed by atoms with E-state index in [1.165, 1.54) is 38.5 Å². The van der Waals surface area contributed by atoms with E-state index in [9.17, 15) is 0 Å². The first kappa shape index (κ1) is 22.6. The van der Waals surface area contributed by atoms with Gasteiger partial charge in [-0.3, -0.25) is 4.84 Å². The smallest absolute Gasteiger partial charge is 0.0725 e. The number of halogens is 1. The van der Waals surface area contributed by atoms with Crippen molar-refractivity contribution >= 4 is 39.8 Å². The number of anilines is 1. The van der Waals surface area contributed by atoms with Crippen LogP contribution in [-0.2, 0) is 17.7 Å². The molecule has 4 aromatic rings. The monoisotopic (exact) mass is 450 g/mol. The molecule has 0 saturated carbocycles. The van der Waals surface area contributed by atoms with Gasteiger partial charge < -0.3 is 15.6 Å². The van der Waals surface area contributed by atoms with Gasteiger partial charge in [0.15, 0.2) is 0 Å². The maximum absolute atomic E-state index is 6.11. The molecule has 3 N–H and O–H groups in total. The van der Waals surface area contributed by atoms with Crippen molar-refractivity contribution in [1.29, 1.82) is 0 Å². The van der Waals surface area contributed by atoms with Crippen molar-refractivity contribution in [2.45, 2.75) is 12.8 Å². The molecule has 2 heterocycles. The van der Waals surface area contributed by atoms with E-state index in [2.05, 4.69) is 81.8 Å². The first-order valence-corrected chi connectivity index (χ1v) is 11.2. The van der Waals surface area contributed by atoms with Crippen LogP contribution in [0.25, 0.3) is 21.7 Å². The van der Waals surface area contributed by atoms with Gasteiger partial charge in [-0.25, -0.2) is 0 Å². The third-order valence-electron chi connectivity index (χ3n) is 6.26. The Bertz CT molecular complexity index is 1160. The van der Waals surface area contributed by atoms with Crippen LogP contribution in [0.3, 0.4) is 0 Å². The summed E-state index contributed by atoms with van der Waals surface area (Å²) >= 11 is 0. The number of aromatic nitrogens is 1. The number of fused-ring (bicyclic) bond motifs is 2. The van der Waals surface area contributed by atoms with E-state index >= 15 is 0 Å². The molecular formula is C26H31ClN4O. The van der Waals surface area contributed by atoms with Gasteiger partial charge in [-0.2, -0.15) is 5.06 Å². The molecular weight excluding hydrogens is 420 g/mol. The number of rotatable bonds is 7. The van der Waals surface area contributed by atoms with Gasteiger partial charge in [0.25, 0.3) is 0 Å². The Morgan fingerprint density at radius 1 is 0.875 bits per heavy atom. The Hall–Kier alpha value is -2.57. The molecule has 168 valence electrons. The molecule has 0 unspecified atom stereocenters. The second-order valence-electron chi connectivity index (χ2n) is 8.23. The summed E-state index contributed by atoms with van der Waals surface area (Å²) < 4.78 is 0. The summed E-state index contributed by atoms with van der Waals surface area (Å²) in [7, 11) is 0. The predicted octanol–water partition coefficient (Wildman–Crippen LogP) is 4.54. The normalized spacial score (nSPS) is 14.7. The van der Waals surface area contributed by atoms with E-state index in [1.807, 2.05) is 0 Å². The van der Waals surface area contributed by atoms with Crippen LogP contribution >= 0.6 is 12.4 Å². The van der Waals surface area contributed by atoms with Crippen LogP contribution in [0.1, 0.15) is 11.1 Å². The summed E-state index contributed by atoms with van der Waals surface area (Å²) in [4.78, 5) is 11.9. The van der Waals surface area contributed by atoms with E-state index in [0.29, 0.717) is 13.2 Å². The highest BCUT2D eigenvalue weighted by Crippen LogP contribution is 2.27. The molecule has 1 saturated heterocycles. The van der Waals surface area contributed by atoms with E-state index < -0.39 is 0 Å². The Balaban J connectivity index is 0.00000245. The van der Waals surface area contributed by atoms with Gasteiger partial charge in [0.2, 0.25) is 0 Å². The van der Waals surface area contributed by atoms with Gasteiger partial charge in [-0.15, -0.1) is 12.4 Å². The van der Waals surface area contributed by atoms with Crippen LogP contribution in [0.5, 0.6) is 0 Å². The molecule has 0 amide bonds. The third kappa shape index (κ3) is 4.76. The number of nitrogens with one attached hydrogen (secondary N) is 1. The summed E-state index contributed by atoms with van der Waals surface area (Å²) in [6.07, 6.45) is 3.89. The molecule has 32 heavy (non-hydrogen) atoms. The van der Waals surface area contributed by atoms with Gasteiger partial charge in [-0.05, 0) is 54.1 Å². The van der Waals surface area contributed by atoms with Gasteiger partial charge in [0.1, 0.15) is 0 Å². The van der Waals surface area contributed by atoms with Crippen LogP contribution in [0.4, 0.5) is 5.69 Å². The lowest BCUT2D eigenvalue weighted by molar-refractivity contribution is -0.160. The minimum atomic E-state index is 0. The van der Waals surface area contributed by atoms with Gasteiger partial charge >= 0.3 is 0 Å². The van der Waals surface area contributed by atoms with Crippen molar-refractivity contribution in [1.82, 2.24) is 10.0 Å². The maximum atomic E-state index is 6.11. The van der Waals surface area contributed by atoms with Crippen LogP contribution in [-0.4, -0.2) is 49.4 Å². The molecule has 6 heteroatoms. The molecule has 5 nitrogen and oxygen atoms in total. The molecule has 1 aromatic heterocycles. The number of nitrogens with two attached hydrogens (primary N) is 1. The lowest BCUT2D eigenvalue weighted by atomic mass is 10.1. The SMILES string of the molecule is Cl.NCCc1c[nH]c2ccc(CCON3CCN(c4cccc5ccccc45)CC3)cc12. The second kappa shape index (κ2) is 10.4. The zero-order chi connectivity index (χ0) is 21.0. The summed E-state index contributed by atoms with van der Waals surface area (Å²) in [5, 5.41) is 6.03. The Morgan fingerprint density at radius 3 is 2.53 bits per heavy atom. The van der Waals surface area contributed by atoms with Crippen molar-refractivity contribution in [3.63, 3.8) is 0 Å². The van der Waals surface area contributed by atoms with E-state index in [4.69, 9.17) is 10.6 Å². The van der Waals surface area contributed by atoms with Crippen molar-refractivity contribution in [2.75, 3.05) is 44.2 Å². The zero-order valence-electron chi connectivity index (χ0n) is 18.3. The summed E-state index contributed by atoms with van der Waals surface area (Å²) in [5.41, 5.74) is 10.8. The minimum absolute atomic E-state index is 0. The zero-order valence-corrected chi connectivity index (χ0v) is 19.1. The fourth-order valence-electron chi connectivity index (χ4n) is 4.58. The highest BCUT2D eigenvalue weighted by Gasteiger charge is 2.19. The second-order valence-corrected chi connectivity index (χ2v) is 8.23. The number of hydrogen-bond donors (Lipinski definition) is 2. The van der Waals surface area contributed by atoms with Crippen LogP contribution in [0, 0.1) is 0 Å². The lowest BCUT2D eigenvalue weighted by Crippen LogP contribution is -2.46. The number of aromatic amines is 1. The Morgan fingerprint density at radius 2 is 1.69 bits per heavy atom. The van der Waals surface area contributed by atoms with E-state index in [-0.39, 0.29) is 12.4 Å². The summed E-state index contributed by atoms with van der Waals surface area (Å²) in [6, 6.07) is 21.8. The average Bonchev–Trinajstić information content (AvgIpc) is 3.22. The van der Waals surface area contributed by atoms with Crippen molar-refractivity contribution in [3.05, 3.63) is 78.0 Å². The molecule has 5 rings (SSSR count). The third-order valence-corrected chi connectivity index (χ3v) is 6.26. The van der Waals surface area contributed by atoms with Crippen molar-refractivity contribution in [2.24, 2.45) is 5.73 Å². The molecule has 1 aliphatic rings. The summed E-state index contributed by atoms with van der Waals surface area (Å²) in [5.74, 6) is 0. The summed E-state index contributed by atoms with van der Waals surface area (Å²) in [6.45, 7) is 5.17. The first-order valence-electron chi connectivity index (χ1n) is 11.2. The van der Waals surface area contributed by atoms with E-state index in [1.54, 1.807) is 0 Å². The maximum Gasteiger partial charge on any atom is 0.0725 e. The van der Waals surface area contributed by atoms with E-state index in [0.717, 1.165) is 39.0 Å². The molecule has 1 aliphatic heterocycles. The van der Waals surface area contributed by atoms with Crippen LogP contribution in [0.2, 0.25) is 0 Å². The molecule has 0 aliphatic carbocycles. The van der Waals surface area contributed by atoms with Crippen molar-refractivity contribution in [3.8, 4) is 0 Å². The Labute approximate surface area is 195 Å². The fraction of sp³-hybridized carbons (Fsp3) is 0.308. The number of benzene rings is 3. The number of nitrogens with zero attached hydrogens (tertiary/aromatic N) is 2. The molecule has 0 atom stereocenters. The number of hydroxylamine groups is 2. The predicted molar refractivity (Wildman–Crippen MR) is 136 cm³/mol. The number of piperazine rings is 1. The molecule has 0 radical (unpaired) electrons. The largest absolute Gasteiger partial charge is 0.368 e. The standard InChI is InChI=1S/C26H30N4O.ClH/c27-12-10-22-19-28-25-9-8-20(18-24(22)25)11-17-31-30-15-13-29(14-16-30)26-7-3-5-21-4-1-2-6-23(21)26;/h1-9,18-19,28H,10-17,27H2;1H. The number of hydrogen-bond acceptors (Lipinski definition) is 4. The number of H-pyrrole nitrogens is 1. The molecule has 0 bridgehead atoms. The quantitative estimate of drug-likeness (QED) is 0.434. The molecule has 3 aromatic carbocycles. The first-order chi connectivity index (χ1) is 15.3. The lowest BCUT2D eigenvalue weighted by Gasteiger charge is -2.35. The average molecular weight is 451 g/mol. The topological polar surface area (TPSA) is 57.5 Å². The van der Waals surface area contributed by atoms with Crippen LogP contribution < -0.4 is 10.6 Å². The fourth-order valence-corrected chi connectivity index (χ4v) is 4.58. The molecule has 0 spiro atoms. The minimum Gasteiger partial charge on any atom is -0.368 e. The highest BCUT2D eigenvalue weighted by atomic mass is 35.5. The van der Waals surface area contributed by atoms with Gasteiger partial charge in [-0.1, -0.05) is 42.5 Å². The molecule has 1 fully saturated rings. The highest BCUT2D eigenvalue weighted by molar-refractivity contribution is 5.94.